The van der Waals surface area contributed by atoms with Gasteiger partial charge in [-0.3, -0.25) is 0 Å². The topological polar surface area (TPSA) is 72.3 Å². The third-order valence-corrected chi connectivity index (χ3v) is 5.31. The van der Waals surface area contributed by atoms with Crippen molar-refractivity contribution in [1.82, 2.24) is 9.88 Å². The molecule has 1 N–H and O–H groups in total. The highest BCUT2D eigenvalue weighted by Crippen LogP contribution is 2.35. The number of nitriles is 1. The Kier molecular flexibility index (Phi) is 6.44. The van der Waals surface area contributed by atoms with E-state index in [0.29, 0.717) is 0 Å². The maximum Gasteiger partial charge on any atom is 0.433 e. The van der Waals surface area contributed by atoms with E-state index in [2.05, 4.69) is 10.3 Å². The third-order valence-electron chi connectivity index (χ3n) is 5.31. The van der Waals surface area contributed by atoms with E-state index in [4.69, 9.17) is 5.26 Å². The Labute approximate surface area is 185 Å². The minimum Gasteiger partial charge on any atom is -0.365 e. The molecule has 2 aromatic rings. The van der Waals surface area contributed by atoms with Crippen molar-refractivity contribution in [2.45, 2.75) is 38.3 Å². The van der Waals surface area contributed by atoms with E-state index >= 15 is 0 Å². The monoisotopic (exact) mass is 471 g/mol. The Bertz CT molecular complexity index is 1060. The summed E-state index contributed by atoms with van der Waals surface area (Å²) in [5, 5.41) is 11.5. The second kappa shape index (κ2) is 8.80. The van der Waals surface area contributed by atoms with Gasteiger partial charge in [0.1, 0.15) is 5.69 Å². The average Bonchev–Trinajstić information content (AvgIpc) is 2.73. The number of carbonyl (C=O) groups is 1. The van der Waals surface area contributed by atoms with Crippen molar-refractivity contribution in [3.8, 4) is 6.07 Å². The van der Waals surface area contributed by atoms with Crippen LogP contribution >= 0.6 is 0 Å². The minimum absolute atomic E-state index is 0.0807. The molecule has 1 aromatic heterocycles. The number of amides is 2. The summed E-state index contributed by atoms with van der Waals surface area (Å²) in [6.07, 6.45) is -8.38. The van der Waals surface area contributed by atoms with E-state index in [-0.39, 0.29) is 30.5 Å². The predicted octanol–water partition coefficient (Wildman–Crippen LogP) is 5.12. The summed E-state index contributed by atoms with van der Waals surface area (Å²) in [6, 6.07) is 5.50. The summed E-state index contributed by atoms with van der Waals surface area (Å²) in [5.74, 6) is 0. The lowest BCUT2D eigenvalue weighted by molar-refractivity contribution is -0.141. The standard InChI is InChI=1S/C21H19F6N5O/c1-12-11-32(19(33)30-15-4-6-18(29-9-15)21(25,26)27)13(2)10-31(12)16-5-3-14(8-28)17(7-16)20(22,23)24/h3-7,9,12-13H,10-11H2,1-2H3,(H,30,33)/t12-,13+/m1/s1. The van der Waals surface area contributed by atoms with Gasteiger partial charge in [-0.15, -0.1) is 0 Å². The molecule has 12 heteroatoms. The van der Waals surface area contributed by atoms with Gasteiger partial charge < -0.3 is 15.1 Å². The van der Waals surface area contributed by atoms with E-state index in [0.717, 1.165) is 30.5 Å². The molecule has 1 aliphatic rings. The Morgan fingerprint density at radius 1 is 1.06 bits per heavy atom. The van der Waals surface area contributed by atoms with Crippen LogP contribution in [-0.4, -0.2) is 41.1 Å². The smallest absolute Gasteiger partial charge is 0.365 e. The van der Waals surface area contributed by atoms with Crippen molar-refractivity contribution in [1.29, 1.82) is 5.26 Å². The molecule has 2 amide bonds. The summed E-state index contributed by atoms with van der Waals surface area (Å²) in [6.45, 7) is 3.81. The molecule has 1 fully saturated rings. The zero-order chi connectivity index (χ0) is 24.6. The molecule has 2 heterocycles. The summed E-state index contributed by atoms with van der Waals surface area (Å²) in [4.78, 5) is 19.1. The average molecular weight is 471 g/mol. The molecular formula is C21H19F6N5O. The van der Waals surface area contributed by atoms with Gasteiger partial charge in [-0.25, -0.2) is 9.78 Å². The van der Waals surface area contributed by atoms with Crippen LogP contribution < -0.4 is 10.2 Å². The van der Waals surface area contributed by atoms with Gasteiger partial charge >= 0.3 is 18.4 Å². The van der Waals surface area contributed by atoms with E-state index < -0.39 is 41.2 Å². The van der Waals surface area contributed by atoms with Crippen molar-refractivity contribution >= 4 is 17.4 Å². The number of nitrogens with one attached hydrogen (secondary N) is 1. The van der Waals surface area contributed by atoms with E-state index in [1.165, 1.54) is 11.0 Å². The predicted molar refractivity (Wildman–Crippen MR) is 107 cm³/mol. The largest absolute Gasteiger partial charge is 0.433 e. The molecule has 33 heavy (non-hydrogen) atoms. The molecular weight excluding hydrogens is 452 g/mol. The first-order valence-corrected chi connectivity index (χ1v) is 9.80. The van der Waals surface area contributed by atoms with E-state index in [1.54, 1.807) is 24.8 Å². The Hall–Kier alpha value is -3.49. The number of pyridine rings is 1. The van der Waals surface area contributed by atoms with Crippen molar-refractivity contribution in [3.63, 3.8) is 0 Å². The number of nitrogens with zero attached hydrogens (tertiary/aromatic N) is 4. The van der Waals surface area contributed by atoms with Gasteiger partial charge in [-0.2, -0.15) is 31.6 Å². The van der Waals surface area contributed by atoms with E-state index in [1.807, 2.05) is 0 Å². The number of carbonyl (C=O) groups excluding carboxylic acids is 1. The number of aromatic nitrogens is 1. The van der Waals surface area contributed by atoms with Crippen LogP contribution in [0, 0.1) is 11.3 Å². The van der Waals surface area contributed by atoms with Crippen LogP contribution in [-0.2, 0) is 12.4 Å². The van der Waals surface area contributed by atoms with Gasteiger partial charge in [0.2, 0.25) is 0 Å². The molecule has 1 saturated heterocycles. The number of benzene rings is 1. The first-order chi connectivity index (χ1) is 15.3. The van der Waals surface area contributed by atoms with Crippen LogP contribution in [0.15, 0.2) is 36.5 Å². The fourth-order valence-electron chi connectivity index (χ4n) is 3.64. The van der Waals surface area contributed by atoms with Crippen LogP contribution in [0.2, 0.25) is 0 Å². The van der Waals surface area contributed by atoms with Crippen molar-refractivity contribution in [3.05, 3.63) is 53.3 Å². The third kappa shape index (κ3) is 5.30. The number of halogens is 6. The Balaban J connectivity index is 1.74. The maximum absolute atomic E-state index is 13.3. The molecule has 0 saturated carbocycles. The number of alkyl halides is 6. The summed E-state index contributed by atoms with van der Waals surface area (Å²) in [5.41, 5.74) is -2.24. The molecule has 1 aromatic carbocycles. The zero-order valence-electron chi connectivity index (χ0n) is 17.5. The lowest BCUT2D eigenvalue weighted by atomic mass is 10.0. The first kappa shape index (κ1) is 24.2. The molecule has 0 aliphatic carbocycles. The van der Waals surface area contributed by atoms with Gasteiger partial charge in [0.15, 0.2) is 0 Å². The van der Waals surface area contributed by atoms with Crippen LogP contribution in [0.25, 0.3) is 0 Å². The summed E-state index contributed by atoms with van der Waals surface area (Å²) >= 11 is 0. The Morgan fingerprint density at radius 3 is 2.30 bits per heavy atom. The molecule has 0 bridgehead atoms. The van der Waals surface area contributed by atoms with Crippen molar-refractivity contribution < 1.29 is 31.1 Å². The van der Waals surface area contributed by atoms with Gasteiger partial charge in [0.05, 0.1) is 29.1 Å². The van der Waals surface area contributed by atoms with Crippen LogP contribution in [0.4, 0.5) is 42.5 Å². The van der Waals surface area contributed by atoms with Gasteiger partial charge in [0, 0.05) is 30.9 Å². The zero-order valence-corrected chi connectivity index (χ0v) is 17.5. The molecule has 0 radical (unpaired) electrons. The van der Waals surface area contributed by atoms with Crippen molar-refractivity contribution in [2.24, 2.45) is 0 Å². The molecule has 176 valence electrons. The quantitative estimate of drug-likeness (QED) is 0.617. The number of piperazine rings is 1. The highest BCUT2D eigenvalue weighted by Gasteiger charge is 2.37. The summed E-state index contributed by atoms with van der Waals surface area (Å²) in [7, 11) is 0. The number of rotatable bonds is 2. The molecule has 2 atom stereocenters. The number of urea groups is 1. The molecule has 3 rings (SSSR count). The fraction of sp³-hybridized carbons (Fsp3) is 0.381. The summed E-state index contributed by atoms with van der Waals surface area (Å²) < 4.78 is 77.9. The van der Waals surface area contributed by atoms with Gasteiger partial charge in [0.25, 0.3) is 0 Å². The van der Waals surface area contributed by atoms with Gasteiger partial charge in [-0.05, 0) is 44.2 Å². The van der Waals surface area contributed by atoms with E-state index in [9.17, 15) is 31.1 Å². The van der Waals surface area contributed by atoms with Crippen LogP contribution in [0.1, 0.15) is 30.7 Å². The Morgan fingerprint density at radius 2 is 1.76 bits per heavy atom. The molecule has 6 nitrogen and oxygen atoms in total. The lowest BCUT2D eigenvalue weighted by Crippen LogP contribution is -2.59. The van der Waals surface area contributed by atoms with Crippen LogP contribution in [0.3, 0.4) is 0 Å². The number of hydrogen-bond acceptors (Lipinski definition) is 4. The highest BCUT2D eigenvalue weighted by atomic mass is 19.4. The SMILES string of the molecule is C[C@@H]1CN(C(=O)Nc2ccc(C(F)(F)F)nc2)[C@@H](C)CN1c1ccc(C#N)c(C(F)(F)F)c1. The molecule has 1 aliphatic heterocycles. The van der Waals surface area contributed by atoms with Crippen molar-refractivity contribution in [2.75, 3.05) is 23.3 Å². The fourth-order valence-corrected chi connectivity index (χ4v) is 3.64. The number of hydrogen-bond donors (Lipinski definition) is 1. The normalized spacial score (nSPS) is 19.2. The number of anilines is 2. The minimum atomic E-state index is -4.69. The maximum atomic E-state index is 13.3. The van der Waals surface area contributed by atoms with Crippen LogP contribution in [0.5, 0.6) is 0 Å². The second-order valence-corrected chi connectivity index (χ2v) is 7.70. The molecule has 0 unspecified atom stereocenters. The molecule has 0 spiro atoms. The second-order valence-electron chi connectivity index (χ2n) is 7.70. The highest BCUT2D eigenvalue weighted by molar-refractivity contribution is 5.89. The lowest BCUT2D eigenvalue weighted by Gasteiger charge is -2.45. The first-order valence-electron chi connectivity index (χ1n) is 9.80. The van der Waals surface area contributed by atoms with Gasteiger partial charge in [-0.1, -0.05) is 0 Å².